The average Bonchev–Trinajstić information content (AvgIpc) is 2.72. The third-order valence-electron chi connectivity index (χ3n) is 2.91. The molecular weight excluding hydrogens is 236 g/mol. The molecule has 1 aromatic heterocycles. The Morgan fingerprint density at radius 3 is 2.76 bits per heavy atom. The molecule has 2 heterocycles. The molecule has 94 valence electrons. The zero-order chi connectivity index (χ0) is 12.4. The third-order valence-corrected chi connectivity index (χ3v) is 3.19. The number of piperazine rings is 1. The predicted molar refractivity (Wildman–Crippen MR) is 69.4 cm³/mol. The number of carbonyl (C=O) groups is 1. The zero-order valence-electron chi connectivity index (χ0n) is 10.2. The SMILES string of the molecule is CC(S)c1cn(C)nc1C(=O)N1CCNCC1. The first kappa shape index (κ1) is 12.4. The van der Waals surface area contributed by atoms with Crippen LogP contribution in [0.2, 0.25) is 0 Å². The summed E-state index contributed by atoms with van der Waals surface area (Å²) in [6.07, 6.45) is 1.87. The summed E-state index contributed by atoms with van der Waals surface area (Å²) in [5.41, 5.74) is 1.44. The van der Waals surface area contributed by atoms with Gasteiger partial charge in [-0.3, -0.25) is 9.48 Å². The lowest BCUT2D eigenvalue weighted by molar-refractivity contribution is 0.0728. The van der Waals surface area contributed by atoms with Crippen LogP contribution in [-0.4, -0.2) is 46.8 Å². The summed E-state index contributed by atoms with van der Waals surface area (Å²) in [6.45, 7) is 5.15. The maximum atomic E-state index is 12.3. The Bertz CT molecular complexity index is 410. The second-order valence-electron chi connectivity index (χ2n) is 4.32. The van der Waals surface area contributed by atoms with Crippen molar-refractivity contribution in [3.8, 4) is 0 Å². The van der Waals surface area contributed by atoms with Crippen LogP contribution in [0, 0.1) is 0 Å². The molecule has 1 fully saturated rings. The van der Waals surface area contributed by atoms with E-state index in [1.54, 1.807) is 4.68 Å². The lowest BCUT2D eigenvalue weighted by Crippen LogP contribution is -2.46. The molecule has 1 N–H and O–H groups in total. The topological polar surface area (TPSA) is 50.2 Å². The molecule has 1 aliphatic rings. The van der Waals surface area contributed by atoms with Crippen molar-refractivity contribution >= 4 is 18.5 Å². The molecule has 0 aromatic carbocycles. The minimum atomic E-state index is 0.0167. The Kier molecular flexibility index (Phi) is 3.73. The largest absolute Gasteiger partial charge is 0.335 e. The van der Waals surface area contributed by atoms with Crippen LogP contribution in [0.25, 0.3) is 0 Å². The fourth-order valence-corrected chi connectivity index (χ4v) is 2.19. The number of rotatable bonds is 2. The van der Waals surface area contributed by atoms with Crippen LogP contribution in [-0.2, 0) is 7.05 Å². The van der Waals surface area contributed by atoms with E-state index in [4.69, 9.17) is 0 Å². The molecule has 0 bridgehead atoms. The first-order chi connectivity index (χ1) is 8.09. The molecule has 0 aliphatic carbocycles. The highest BCUT2D eigenvalue weighted by Gasteiger charge is 2.24. The molecule has 6 heteroatoms. The first-order valence-corrected chi connectivity index (χ1v) is 6.33. The molecule has 0 radical (unpaired) electrons. The number of amides is 1. The number of aryl methyl sites for hydroxylation is 1. The number of aromatic nitrogens is 2. The average molecular weight is 254 g/mol. The van der Waals surface area contributed by atoms with Gasteiger partial charge in [-0.05, 0) is 6.92 Å². The van der Waals surface area contributed by atoms with Crippen molar-refractivity contribution in [1.29, 1.82) is 0 Å². The van der Waals surface area contributed by atoms with Crippen molar-refractivity contribution < 1.29 is 4.79 Å². The van der Waals surface area contributed by atoms with Gasteiger partial charge < -0.3 is 10.2 Å². The highest BCUT2D eigenvalue weighted by atomic mass is 32.1. The lowest BCUT2D eigenvalue weighted by Gasteiger charge is -2.27. The predicted octanol–water partition coefficient (Wildman–Crippen LogP) is 0.456. The van der Waals surface area contributed by atoms with Gasteiger partial charge in [-0.2, -0.15) is 17.7 Å². The number of hydrogen-bond acceptors (Lipinski definition) is 4. The lowest BCUT2D eigenvalue weighted by atomic mass is 10.1. The van der Waals surface area contributed by atoms with Crippen LogP contribution in [0.15, 0.2) is 6.20 Å². The van der Waals surface area contributed by atoms with Crippen molar-refractivity contribution in [2.45, 2.75) is 12.2 Å². The molecule has 1 unspecified atom stereocenters. The minimum Gasteiger partial charge on any atom is -0.335 e. The highest BCUT2D eigenvalue weighted by molar-refractivity contribution is 7.80. The van der Waals surface area contributed by atoms with Gasteiger partial charge in [0.25, 0.3) is 5.91 Å². The Morgan fingerprint density at radius 1 is 1.53 bits per heavy atom. The smallest absolute Gasteiger partial charge is 0.274 e. The summed E-state index contributed by atoms with van der Waals surface area (Å²) < 4.78 is 1.68. The van der Waals surface area contributed by atoms with Gasteiger partial charge in [0.15, 0.2) is 5.69 Å². The van der Waals surface area contributed by atoms with E-state index in [0.717, 1.165) is 31.7 Å². The number of hydrogen-bond donors (Lipinski definition) is 2. The van der Waals surface area contributed by atoms with Gasteiger partial charge in [-0.1, -0.05) is 0 Å². The van der Waals surface area contributed by atoms with Crippen LogP contribution in [0.3, 0.4) is 0 Å². The Balaban J connectivity index is 2.23. The van der Waals surface area contributed by atoms with Crippen molar-refractivity contribution in [3.63, 3.8) is 0 Å². The van der Waals surface area contributed by atoms with E-state index in [-0.39, 0.29) is 11.2 Å². The summed E-state index contributed by atoms with van der Waals surface area (Å²) in [4.78, 5) is 14.2. The molecule has 5 nitrogen and oxygen atoms in total. The summed E-state index contributed by atoms with van der Waals surface area (Å²) >= 11 is 4.39. The number of nitrogens with zero attached hydrogens (tertiary/aromatic N) is 3. The number of nitrogens with one attached hydrogen (secondary N) is 1. The van der Waals surface area contributed by atoms with E-state index in [0.29, 0.717) is 5.69 Å². The fourth-order valence-electron chi connectivity index (χ4n) is 2.00. The first-order valence-electron chi connectivity index (χ1n) is 5.81. The second-order valence-corrected chi connectivity index (χ2v) is 5.10. The van der Waals surface area contributed by atoms with Crippen LogP contribution >= 0.6 is 12.6 Å². The normalized spacial score (nSPS) is 18.2. The van der Waals surface area contributed by atoms with Gasteiger partial charge in [0.1, 0.15) is 0 Å². The maximum Gasteiger partial charge on any atom is 0.274 e. The molecule has 1 aromatic rings. The van der Waals surface area contributed by atoms with E-state index in [9.17, 15) is 4.79 Å². The Hall–Kier alpha value is -1.01. The van der Waals surface area contributed by atoms with Gasteiger partial charge in [0, 0.05) is 50.2 Å². The zero-order valence-corrected chi connectivity index (χ0v) is 11.1. The van der Waals surface area contributed by atoms with E-state index < -0.39 is 0 Å². The monoisotopic (exact) mass is 254 g/mol. The van der Waals surface area contributed by atoms with Gasteiger partial charge in [0.05, 0.1) is 0 Å². The summed E-state index contributed by atoms with van der Waals surface area (Å²) in [5, 5.41) is 7.51. The summed E-state index contributed by atoms with van der Waals surface area (Å²) in [6, 6.07) is 0. The van der Waals surface area contributed by atoms with Crippen molar-refractivity contribution in [2.24, 2.45) is 7.05 Å². The molecule has 17 heavy (non-hydrogen) atoms. The van der Waals surface area contributed by atoms with Crippen LogP contribution < -0.4 is 5.32 Å². The molecule has 1 amide bonds. The summed E-state index contributed by atoms with van der Waals surface area (Å²) in [5.74, 6) is 0.0167. The molecule has 1 saturated heterocycles. The summed E-state index contributed by atoms with van der Waals surface area (Å²) in [7, 11) is 1.83. The van der Waals surface area contributed by atoms with Gasteiger partial charge in [-0.25, -0.2) is 0 Å². The van der Waals surface area contributed by atoms with Crippen LogP contribution in [0.1, 0.15) is 28.2 Å². The standard InChI is InChI=1S/C11H18N4OS/c1-8(17)9-7-14(2)13-10(9)11(16)15-5-3-12-4-6-15/h7-8,12,17H,3-6H2,1-2H3. The van der Waals surface area contributed by atoms with Crippen molar-refractivity contribution in [2.75, 3.05) is 26.2 Å². The molecule has 1 aliphatic heterocycles. The quantitative estimate of drug-likeness (QED) is 0.754. The van der Waals surface area contributed by atoms with E-state index >= 15 is 0 Å². The molecular formula is C11H18N4OS. The van der Waals surface area contributed by atoms with Crippen molar-refractivity contribution in [3.05, 3.63) is 17.5 Å². The van der Waals surface area contributed by atoms with E-state index in [2.05, 4.69) is 23.0 Å². The highest BCUT2D eigenvalue weighted by Crippen LogP contribution is 2.23. The minimum absolute atomic E-state index is 0.0167. The van der Waals surface area contributed by atoms with E-state index in [1.807, 2.05) is 25.1 Å². The Morgan fingerprint density at radius 2 is 2.18 bits per heavy atom. The number of thiol groups is 1. The fraction of sp³-hybridized carbons (Fsp3) is 0.636. The van der Waals surface area contributed by atoms with Crippen LogP contribution in [0.5, 0.6) is 0 Å². The van der Waals surface area contributed by atoms with E-state index in [1.165, 1.54) is 0 Å². The van der Waals surface area contributed by atoms with Gasteiger partial charge >= 0.3 is 0 Å². The maximum absolute atomic E-state index is 12.3. The molecule has 1 atom stereocenters. The molecule has 0 saturated carbocycles. The third kappa shape index (κ3) is 2.63. The second kappa shape index (κ2) is 5.10. The molecule has 0 spiro atoms. The number of carbonyl (C=O) groups excluding carboxylic acids is 1. The Labute approximate surface area is 107 Å². The molecule has 2 rings (SSSR count). The van der Waals surface area contributed by atoms with Gasteiger partial charge in [-0.15, -0.1) is 0 Å². The van der Waals surface area contributed by atoms with Crippen molar-refractivity contribution in [1.82, 2.24) is 20.0 Å². The van der Waals surface area contributed by atoms with Crippen LogP contribution in [0.4, 0.5) is 0 Å². The van der Waals surface area contributed by atoms with Gasteiger partial charge in [0.2, 0.25) is 0 Å².